The monoisotopic (exact) mass is 438 g/mol. The van der Waals surface area contributed by atoms with Crippen LogP contribution in [0.3, 0.4) is 0 Å². The van der Waals surface area contributed by atoms with Gasteiger partial charge in [0.25, 0.3) is 4.21 Å². The Morgan fingerprint density at radius 3 is 2.53 bits per heavy atom. The first kappa shape index (κ1) is 21.2. The summed E-state index contributed by atoms with van der Waals surface area (Å²) in [7, 11) is -3.33. The largest absolute Gasteiger partial charge is 0.336 e. The maximum Gasteiger partial charge on any atom is 0.336 e. The van der Waals surface area contributed by atoms with Crippen molar-refractivity contribution in [3.05, 3.63) is 77.4 Å². The van der Waals surface area contributed by atoms with E-state index in [0.29, 0.717) is 17.3 Å². The number of benzene rings is 3. The highest BCUT2D eigenvalue weighted by Crippen LogP contribution is 2.39. The summed E-state index contributed by atoms with van der Waals surface area (Å²) in [5.74, 6) is 0. The topological polar surface area (TPSA) is 40.5 Å². The van der Waals surface area contributed by atoms with Gasteiger partial charge in [0.1, 0.15) is 0 Å². The van der Waals surface area contributed by atoms with Crippen molar-refractivity contribution in [3.63, 3.8) is 0 Å². The number of hydrogen-bond acceptors (Lipinski definition) is 2. The fourth-order valence-electron chi connectivity index (χ4n) is 3.85. The molecule has 0 aliphatic heterocycles. The summed E-state index contributed by atoms with van der Waals surface area (Å²) in [6.45, 7) is 7.18. The van der Waals surface area contributed by atoms with Gasteiger partial charge in [0.15, 0.2) is 0 Å². The van der Waals surface area contributed by atoms with Crippen LogP contribution in [0.25, 0.3) is 20.9 Å². The number of fused-ring (bicyclic) bond motifs is 2. The van der Waals surface area contributed by atoms with E-state index in [-0.39, 0.29) is 0 Å². The molecular weight excluding hydrogens is 410 g/mol. The molecule has 30 heavy (non-hydrogen) atoms. The van der Waals surface area contributed by atoms with Gasteiger partial charge in [-0.1, -0.05) is 83.1 Å². The van der Waals surface area contributed by atoms with Gasteiger partial charge in [0, 0.05) is 22.2 Å². The molecule has 156 valence electrons. The Morgan fingerprint density at radius 1 is 1.00 bits per heavy atom. The molecule has 0 fully saturated rings. The Kier molecular flexibility index (Phi) is 6.07. The van der Waals surface area contributed by atoms with Gasteiger partial charge in [-0.3, -0.25) is 0 Å². The van der Waals surface area contributed by atoms with Crippen LogP contribution >= 0.6 is 11.3 Å². The summed E-state index contributed by atoms with van der Waals surface area (Å²) in [5, 5.41) is 3.42. The molecule has 0 saturated heterocycles. The summed E-state index contributed by atoms with van der Waals surface area (Å²) in [6.07, 6.45) is 1.86. The van der Waals surface area contributed by atoms with Gasteiger partial charge in [-0.2, -0.15) is 4.55 Å². The van der Waals surface area contributed by atoms with Crippen molar-refractivity contribution >= 4 is 42.6 Å². The third kappa shape index (κ3) is 4.08. The van der Waals surface area contributed by atoms with Crippen molar-refractivity contribution < 1.29 is 8.76 Å². The lowest BCUT2D eigenvalue weighted by molar-refractivity contribution is 0.355. The smallest absolute Gasteiger partial charge is 0.162 e. The second-order valence-corrected chi connectivity index (χ2v) is 11.1. The Balaban J connectivity index is 1.73. The third-order valence-corrected chi connectivity index (χ3v) is 9.34. The molecule has 0 bridgehead atoms. The molecule has 1 heterocycles. The van der Waals surface area contributed by atoms with Crippen molar-refractivity contribution in [2.75, 3.05) is 6.54 Å². The van der Waals surface area contributed by atoms with E-state index in [9.17, 15) is 8.76 Å². The summed E-state index contributed by atoms with van der Waals surface area (Å²) in [4.78, 5) is 0. The average molecular weight is 439 g/mol. The lowest BCUT2D eigenvalue weighted by atomic mass is 10.1. The van der Waals surface area contributed by atoms with Crippen LogP contribution in [0, 0.1) is 13.8 Å². The van der Waals surface area contributed by atoms with Crippen LogP contribution in [0.2, 0.25) is 0 Å². The summed E-state index contributed by atoms with van der Waals surface area (Å²) in [6, 6.07) is 20.8. The molecular formula is C25H28NO2S2+. The Labute approximate surface area is 183 Å². The van der Waals surface area contributed by atoms with Gasteiger partial charge in [-0.15, -0.1) is 0 Å². The molecule has 1 aromatic heterocycles. The maximum atomic E-state index is 13.8. The highest BCUT2D eigenvalue weighted by atomic mass is 32.3. The van der Waals surface area contributed by atoms with Crippen molar-refractivity contribution in [2.45, 2.75) is 44.4 Å². The number of aryl methyl sites for hydroxylation is 2. The van der Waals surface area contributed by atoms with E-state index in [1.807, 2.05) is 19.1 Å². The van der Waals surface area contributed by atoms with Crippen molar-refractivity contribution in [1.29, 1.82) is 0 Å². The predicted molar refractivity (Wildman–Crippen MR) is 130 cm³/mol. The highest BCUT2D eigenvalue weighted by molar-refractivity contribution is 7.97. The molecule has 0 amide bonds. The van der Waals surface area contributed by atoms with Gasteiger partial charge >= 0.3 is 10.4 Å². The van der Waals surface area contributed by atoms with E-state index in [4.69, 9.17) is 0 Å². The average Bonchev–Trinajstić information content (AvgIpc) is 3.07. The Bertz CT molecular complexity index is 1240. The van der Waals surface area contributed by atoms with Gasteiger partial charge in [0.05, 0.1) is 6.54 Å². The zero-order valence-corrected chi connectivity index (χ0v) is 19.4. The van der Waals surface area contributed by atoms with E-state index in [2.05, 4.69) is 62.4 Å². The molecule has 1 unspecified atom stereocenters. The fraction of sp³-hybridized carbons (Fsp3) is 0.280. The van der Waals surface area contributed by atoms with E-state index in [0.717, 1.165) is 39.4 Å². The molecule has 0 radical (unpaired) electrons. The molecule has 0 aliphatic rings. The van der Waals surface area contributed by atoms with Crippen LogP contribution in [0.4, 0.5) is 0 Å². The van der Waals surface area contributed by atoms with E-state index in [1.165, 1.54) is 22.3 Å². The minimum Gasteiger partial charge on any atom is -0.162 e. The zero-order valence-electron chi connectivity index (χ0n) is 17.7. The number of thiophene rings is 1. The molecule has 1 atom stereocenters. The minimum atomic E-state index is -3.33. The number of nitrogens with zero attached hydrogens (tertiary/aromatic N) is 1. The molecule has 0 aliphatic carbocycles. The van der Waals surface area contributed by atoms with Gasteiger partial charge in [0.2, 0.25) is 0 Å². The van der Waals surface area contributed by atoms with Crippen LogP contribution in [0.1, 0.15) is 36.5 Å². The Hall–Kier alpha value is -2.05. The van der Waals surface area contributed by atoms with Gasteiger partial charge in [-0.05, 0) is 52.9 Å². The van der Waals surface area contributed by atoms with Crippen LogP contribution in [0.15, 0.2) is 64.9 Å². The number of unbranched alkanes of at least 4 members (excludes halogenated alkanes) is 1. The van der Waals surface area contributed by atoms with Crippen LogP contribution < -0.4 is 0 Å². The maximum absolute atomic E-state index is 13.8. The normalized spacial score (nSPS) is 13.9. The molecule has 0 saturated carbocycles. The molecule has 5 heteroatoms. The lowest BCUT2D eigenvalue weighted by Gasteiger charge is -2.20. The first-order valence-corrected chi connectivity index (χ1v) is 12.7. The summed E-state index contributed by atoms with van der Waals surface area (Å²) >= 11 is 1.45. The first-order chi connectivity index (χ1) is 14.4. The zero-order chi connectivity index (χ0) is 21.3. The van der Waals surface area contributed by atoms with Gasteiger partial charge in [-0.25, -0.2) is 0 Å². The van der Waals surface area contributed by atoms with Crippen LogP contribution in [-0.2, 0) is 21.2 Å². The van der Waals surface area contributed by atoms with Gasteiger partial charge < -0.3 is 0 Å². The fourth-order valence-corrected chi connectivity index (χ4v) is 7.23. The molecule has 0 spiro atoms. The SMILES string of the molecule is CCCCN(Cc1ccc2ccccc2c1)[S+](=O)(O)c1sc2ccc(C)cc2c1C. The van der Waals surface area contributed by atoms with Crippen LogP contribution in [-0.4, -0.2) is 15.4 Å². The Morgan fingerprint density at radius 2 is 1.77 bits per heavy atom. The molecule has 3 nitrogen and oxygen atoms in total. The summed E-state index contributed by atoms with van der Waals surface area (Å²) < 4.78 is 28.6. The third-order valence-electron chi connectivity index (χ3n) is 5.57. The van der Waals surface area contributed by atoms with E-state index >= 15 is 0 Å². The van der Waals surface area contributed by atoms with Crippen LogP contribution in [0.5, 0.6) is 0 Å². The minimum absolute atomic E-state index is 0.451. The molecule has 4 aromatic rings. The number of hydrogen-bond donors (Lipinski definition) is 1. The molecule has 1 N–H and O–H groups in total. The van der Waals surface area contributed by atoms with E-state index < -0.39 is 10.4 Å². The van der Waals surface area contributed by atoms with E-state index in [1.54, 1.807) is 4.31 Å². The van der Waals surface area contributed by atoms with Crippen molar-refractivity contribution in [3.8, 4) is 0 Å². The quantitative estimate of drug-likeness (QED) is 0.309. The second-order valence-electron chi connectivity index (χ2n) is 7.91. The lowest BCUT2D eigenvalue weighted by Crippen LogP contribution is -2.36. The molecule has 3 aromatic carbocycles. The second kappa shape index (κ2) is 8.60. The molecule has 4 rings (SSSR count). The van der Waals surface area contributed by atoms with Crippen molar-refractivity contribution in [2.24, 2.45) is 0 Å². The highest BCUT2D eigenvalue weighted by Gasteiger charge is 2.42. The first-order valence-electron chi connectivity index (χ1n) is 10.4. The standard InChI is InChI=1S/C25H27NO2S2/c1-4-5-14-26(17-20-11-12-21-8-6-7-9-22(21)16-20)30(27,28)25-19(3)23-15-18(2)10-13-24(23)29-25/h6-13,15-16H,4-5,14,17H2,1-3H3/p+1. The number of rotatable bonds is 7. The predicted octanol–water partition coefficient (Wildman–Crippen LogP) is 7.22. The van der Waals surface area contributed by atoms with Crippen molar-refractivity contribution in [1.82, 2.24) is 4.31 Å². The summed E-state index contributed by atoms with van der Waals surface area (Å²) in [5.41, 5.74) is 3.14.